The highest BCUT2D eigenvalue weighted by molar-refractivity contribution is 5.76. The van der Waals surface area contributed by atoms with Crippen LogP contribution < -0.4 is 0 Å². The van der Waals surface area contributed by atoms with Crippen molar-refractivity contribution in [2.75, 3.05) is 13.1 Å². The van der Waals surface area contributed by atoms with Crippen LogP contribution in [0.1, 0.15) is 26.2 Å². The lowest BCUT2D eigenvalue weighted by Crippen LogP contribution is -2.45. The number of aliphatic hydroxyl groups is 1. The summed E-state index contributed by atoms with van der Waals surface area (Å²) in [5.74, 6) is 0.948. The van der Waals surface area contributed by atoms with E-state index in [0.717, 1.165) is 18.5 Å². The number of β-amino-alcohol motifs (C(OH)–C–C–N with tert-alkyl or cyclic N) is 1. The van der Waals surface area contributed by atoms with Crippen LogP contribution in [0.15, 0.2) is 30.3 Å². The van der Waals surface area contributed by atoms with Gasteiger partial charge < -0.3 is 10.0 Å². The third-order valence-electron chi connectivity index (χ3n) is 4.50. The molecule has 0 saturated carbocycles. The molecule has 128 valence electrons. The number of tetrazole rings is 1. The number of carbonyl (C=O) groups excluding carboxylic acids is 1. The molecule has 1 aliphatic heterocycles. The van der Waals surface area contributed by atoms with Crippen molar-refractivity contribution >= 4 is 5.91 Å². The van der Waals surface area contributed by atoms with E-state index in [2.05, 4.69) is 15.4 Å². The van der Waals surface area contributed by atoms with Crippen LogP contribution in [0.5, 0.6) is 0 Å². The zero-order valence-corrected chi connectivity index (χ0v) is 13.9. The summed E-state index contributed by atoms with van der Waals surface area (Å²) < 4.78 is 0. The Morgan fingerprint density at radius 2 is 2.12 bits per heavy atom. The van der Waals surface area contributed by atoms with Gasteiger partial charge in [-0.1, -0.05) is 37.3 Å². The summed E-state index contributed by atoms with van der Waals surface area (Å²) in [4.78, 5) is 15.5. The van der Waals surface area contributed by atoms with Gasteiger partial charge in [-0.15, -0.1) is 10.2 Å². The second kappa shape index (κ2) is 7.53. The van der Waals surface area contributed by atoms with Crippen molar-refractivity contribution in [1.82, 2.24) is 25.1 Å². The zero-order valence-electron chi connectivity index (χ0n) is 13.9. The molecule has 0 spiro atoms. The zero-order chi connectivity index (χ0) is 16.9. The standard InChI is InChI=1S/C17H23N5O2/c1-13-9-11-21(12-15(13)23)16(24)8-5-10-22-19-17(18-20-22)14-6-3-2-4-7-14/h2-4,6-7,13,15,23H,5,8-12H2,1H3. The lowest BCUT2D eigenvalue weighted by Gasteiger charge is -2.34. The average molecular weight is 329 g/mol. The largest absolute Gasteiger partial charge is 0.391 e. The molecule has 2 heterocycles. The first-order valence-electron chi connectivity index (χ1n) is 8.42. The van der Waals surface area contributed by atoms with Gasteiger partial charge in [-0.05, 0) is 24.0 Å². The van der Waals surface area contributed by atoms with Gasteiger partial charge >= 0.3 is 0 Å². The number of piperidine rings is 1. The van der Waals surface area contributed by atoms with E-state index in [9.17, 15) is 9.90 Å². The number of benzene rings is 1. The van der Waals surface area contributed by atoms with Crippen LogP contribution in [0.2, 0.25) is 0 Å². The van der Waals surface area contributed by atoms with Crippen molar-refractivity contribution in [3.8, 4) is 11.4 Å². The molecular formula is C17H23N5O2. The lowest BCUT2D eigenvalue weighted by atomic mass is 9.96. The minimum absolute atomic E-state index is 0.0874. The number of aromatic nitrogens is 4. The molecule has 7 heteroatoms. The van der Waals surface area contributed by atoms with Gasteiger partial charge in [-0.3, -0.25) is 4.79 Å². The molecule has 7 nitrogen and oxygen atoms in total. The monoisotopic (exact) mass is 329 g/mol. The second-order valence-electron chi connectivity index (χ2n) is 6.35. The van der Waals surface area contributed by atoms with E-state index in [0.29, 0.717) is 31.8 Å². The minimum Gasteiger partial charge on any atom is -0.391 e. The Balaban J connectivity index is 1.47. The van der Waals surface area contributed by atoms with Crippen LogP contribution in [0.25, 0.3) is 11.4 Å². The first-order valence-corrected chi connectivity index (χ1v) is 8.42. The van der Waals surface area contributed by atoms with Gasteiger partial charge in [0.2, 0.25) is 11.7 Å². The maximum Gasteiger partial charge on any atom is 0.222 e. The molecule has 2 aromatic rings. The number of nitrogens with zero attached hydrogens (tertiary/aromatic N) is 5. The molecule has 3 rings (SSSR count). The van der Waals surface area contributed by atoms with E-state index < -0.39 is 6.10 Å². The molecular weight excluding hydrogens is 306 g/mol. The third kappa shape index (κ3) is 3.97. The van der Waals surface area contributed by atoms with Crippen LogP contribution >= 0.6 is 0 Å². The maximum absolute atomic E-state index is 12.2. The summed E-state index contributed by atoms with van der Waals surface area (Å²) in [5, 5.41) is 22.3. The summed E-state index contributed by atoms with van der Waals surface area (Å²) in [6, 6.07) is 9.68. The van der Waals surface area contributed by atoms with Crippen molar-refractivity contribution in [3.05, 3.63) is 30.3 Å². The van der Waals surface area contributed by atoms with E-state index in [-0.39, 0.29) is 11.8 Å². The maximum atomic E-state index is 12.2. The van der Waals surface area contributed by atoms with Crippen LogP contribution in [-0.2, 0) is 11.3 Å². The Morgan fingerprint density at radius 3 is 2.88 bits per heavy atom. The average Bonchev–Trinajstić information content (AvgIpc) is 3.07. The Kier molecular flexibility index (Phi) is 5.20. The number of rotatable bonds is 5. The molecule has 1 fully saturated rings. The van der Waals surface area contributed by atoms with Gasteiger partial charge in [-0.2, -0.15) is 4.80 Å². The number of hydrogen-bond acceptors (Lipinski definition) is 5. The Morgan fingerprint density at radius 1 is 1.33 bits per heavy atom. The van der Waals surface area contributed by atoms with Gasteiger partial charge in [-0.25, -0.2) is 0 Å². The van der Waals surface area contributed by atoms with Gasteiger partial charge in [0, 0.05) is 25.1 Å². The molecule has 0 bridgehead atoms. The highest BCUT2D eigenvalue weighted by Gasteiger charge is 2.26. The van der Waals surface area contributed by atoms with E-state index in [1.54, 1.807) is 4.90 Å². The highest BCUT2D eigenvalue weighted by atomic mass is 16.3. The summed E-state index contributed by atoms with van der Waals surface area (Å²) in [6.07, 6.45) is 1.54. The fourth-order valence-corrected chi connectivity index (χ4v) is 2.85. The van der Waals surface area contributed by atoms with Gasteiger partial charge in [0.15, 0.2) is 0 Å². The van der Waals surface area contributed by atoms with Crippen LogP contribution in [0.4, 0.5) is 0 Å². The number of likely N-dealkylation sites (tertiary alicyclic amines) is 1. The van der Waals surface area contributed by atoms with Crippen LogP contribution in [0.3, 0.4) is 0 Å². The van der Waals surface area contributed by atoms with Crippen LogP contribution in [0, 0.1) is 5.92 Å². The predicted molar refractivity (Wildman–Crippen MR) is 88.9 cm³/mol. The van der Waals surface area contributed by atoms with Crippen molar-refractivity contribution in [3.63, 3.8) is 0 Å². The van der Waals surface area contributed by atoms with Crippen molar-refractivity contribution < 1.29 is 9.90 Å². The minimum atomic E-state index is -0.409. The lowest BCUT2D eigenvalue weighted by molar-refractivity contribution is -0.135. The molecule has 24 heavy (non-hydrogen) atoms. The first-order chi connectivity index (χ1) is 11.6. The van der Waals surface area contributed by atoms with Crippen molar-refractivity contribution in [1.29, 1.82) is 0 Å². The van der Waals surface area contributed by atoms with Gasteiger partial charge in [0.25, 0.3) is 0 Å². The van der Waals surface area contributed by atoms with Crippen molar-refractivity contribution in [2.24, 2.45) is 5.92 Å². The van der Waals surface area contributed by atoms with Gasteiger partial charge in [0.1, 0.15) is 0 Å². The van der Waals surface area contributed by atoms with E-state index in [1.807, 2.05) is 37.3 Å². The normalized spacial score (nSPS) is 21.0. The molecule has 1 aliphatic rings. The van der Waals surface area contributed by atoms with E-state index >= 15 is 0 Å². The first kappa shape index (κ1) is 16.6. The molecule has 0 aliphatic carbocycles. The number of carbonyl (C=O) groups is 1. The smallest absolute Gasteiger partial charge is 0.222 e. The summed E-state index contributed by atoms with van der Waals surface area (Å²) >= 11 is 0. The molecule has 2 unspecified atom stereocenters. The Hall–Kier alpha value is -2.28. The van der Waals surface area contributed by atoms with E-state index in [4.69, 9.17) is 0 Å². The van der Waals surface area contributed by atoms with Crippen LogP contribution in [-0.4, -0.2) is 55.3 Å². The molecule has 1 N–H and O–H groups in total. The molecule has 1 saturated heterocycles. The van der Waals surface area contributed by atoms with Crippen molar-refractivity contribution in [2.45, 2.75) is 38.8 Å². The van der Waals surface area contributed by atoms with Gasteiger partial charge in [0.05, 0.1) is 12.6 Å². The number of aryl methyl sites for hydroxylation is 1. The topological polar surface area (TPSA) is 84.1 Å². The fraction of sp³-hybridized carbons (Fsp3) is 0.529. The Labute approximate surface area is 141 Å². The number of aliphatic hydroxyl groups excluding tert-OH is 1. The fourth-order valence-electron chi connectivity index (χ4n) is 2.85. The van der Waals surface area contributed by atoms with E-state index in [1.165, 1.54) is 4.80 Å². The molecule has 1 aromatic heterocycles. The second-order valence-corrected chi connectivity index (χ2v) is 6.35. The molecule has 2 atom stereocenters. The molecule has 1 aromatic carbocycles. The Bertz CT molecular complexity index is 673. The molecule has 1 amide bonds. The SMILES string of the molecule is CC1CCN(C(=O)CCCn2nnc(-c3ccccc3)n2)CC1O. The quantitative estimate of drug-likeness (QED) is 0.895. The number of hydrogen-bond donors (Lipinski definition) is 1. The summed E-state index contributed by atoms with van der Waals surface area (Å²) in [6.45, 7) is 3.75. The predicted octanol–water partition coefficient (Wildman–Crippen LogP) is 1.35. The third-order valence-corrected chi connectivity index (χ3v) is 4.50. The molecule has 0 radical (unpaired) electrons. The summed E-state index contributed by atoms with van der Waals surface area (Å²) in [7, 11) is 0. The highest BCUT2D eigenvalue weighted by Crippen LogP contribution is 2.18. The number of amides is 1. The summed E-state index contributed by atoms with van der Waals surface area (Å²) in [5.41, 5.74) is 0.927.